The van der Waals surface area contributed by atoms with Crippen LogP contribution >= 0.6 is 0 Å². The third kappa shape index (κ3) is 4.76. The SMILES string of the molecule is CC.CNc1cc(-c2ccccc2)ccc1NCC1=CC=CCC1. The Bertz CT molecular complexity index is 684. The van der Waals surface area contributed by atoms with E-state index < -0.39 is 0 Å². The van der Waals surface area contributed by atoms with Crippen LogP contribution in [0, 0.1) is 0 Å². The molecule has 1 aliphatic rings. The molecule has 0 spiro atoms. The molecule has 2 aromatic rings. The molecule has 0 radical (unpaired) electrons. The second kappa shape index (κ2) is 9.61. The Morgan fingerprint density at radius 2 is 1.71 bits per heavy atom. The minimum atomic E-state index is 0.906. The van der Waals surface area contributed by atoms with Crippen LogP contribution in [0.5, 0.6) is 0 Å². The molecule has 0 aromatic heterocycles. The van der Waals surface area contributed by atoms with Gasteiger partial charge in [0.05, 0.1) is 11.4 Å². The molecule has 126 valence electrons. The fourth-order valence-electron chi connectivity index (χ4n) is 2.72. The van der Waals surface area contributed by atoms with E-state index in [1.54, 1.807) is 0 Å². The third-order valence-corrected chi connectivity index (χ3v) is 4.00. The van der Waals surface area contributed by atoms with Crippen molar-refractivity contribution in [1.29, 1.82) is 0 Å². The molecule has 0 unspecified atom stereocenters. The molecule has 1 aliphatic carbocycles. The van der Waals surface area contributed by atoms with Crippen LogP contribution in [-0.2, 0) is 0 Å². The number of hydrogen-bond donors (Lipinski definition) is 2. The molecule has 0 amide bonds. The summed E-state index contributed by atoms with van der Waals surface area (Å²) in [7, 11) is 1.97. The van der Waals surface area contributed by atoms with Gasteiger partial charge in [-0.1, -0.05) is 74.0 Å². The predicted molar refractivity (Wildman–Crippen MR) is 108 cm³/mol. The molecule has 2 aromatic carbocycles. The summed E-state index contributed by atoms with van der Waals surface area (Å²) in [6.07, 6.45) is 8.89. The van der Waals surface area contributed by atoms with Crippen LogP contribution in [0.1, 0.15) is 26.7 Å². The highest BCUT2D eigenvalue weighted by molar-refractivity contribution is 5.77. The topological polar surface area (TPSA) is 24.1 Å². The average Bonchev–Trinajstić information content (AvgIpc) is 2.69. The van der Waals surface area contributed by atoms with Crippen molar-refractivity contribution in [3.63, 3.8) is 0 Å². The molecule has 0 saturated carbocycles. The Hall–Kier alpha value is -2.48. The van der Waals surface area contributed by atoms with E-state index in [1.807, 2.05) is 27.0 Å². The lowest BCUT2D eigenvalue weighted by atomic mass is 10.0. The van der Waals surface area contributed by atoms with E-state index in [2.05, 4.69) is 71.3 Å². The molecule has 2 heteroatoms. The molecule has 2 N–H and O–H groups in total. The number of anilines is 2. The molecular weight excluding hydrogens is 292 g/mol. The Morgan fingerprint density at radius 3 is 2.38 bits per heavy atom. The highest BCUT2D eigenvalue weighted by Crippen LogP contribution is 2.29. The largest absolute Gasteiger partial charge is 0.386 e. The second-order valence-electron chi connectivity index (χ2n) is 5.52. The Labute approximate surface area is 146 Å². The minimum absolute atomic E-state index is 0.906. The van der Waals surface area contributed by atoms with Gasteiger partial charge < -0.3 is 10.6 Å². The normalized spacial score (nSPS) is 12.7. The van der Waals surface area contributed by atoms with E-state index in [-0.39, 0.29) is 0 Å². The van der Waals surface area contributed by atoms with Gasteiger partial charge in [-0.05, 0) is 36.1 Å². The molecule has 2 nitrogen and oxygen atoms in total. The van der Waals surface area contributed by atoms with Crippen molar-refractivity contribution in [2.24, 2.45) is 0 Å². The van der Waals surface area contributed by atoms with Gasteiger partial charge in [0.25, 0.3) is 0 Å². The lowest BCUT2D eigenvalue weighted by Crippen LogP contribution is -2.07. The lowest BCUT2D eigenvalue weighted by Gasteiger charge is -2.16. The van der Waals surface area contributed by atoms with Gasteiger partial charge in [-0.3, -0.25) is 0 Å². The standard InChI is InChI=1S/C20H22N2.C2H6/c1-21-20-14-18(17-10-6-3-7-11-17)12-13-19(20)22-15-16-8-4-2-5-9-16;1-2/h2-4,6-8,10-14,21-22H,5,9,15H2,1H3;1-2H3. The zero-order chi connectivity index (χ0) is 17.2. The summed E-state index contributed by atoms with van der Waals surface area (Å²) in [6.45, 7) is 4.91. The molecule has 3 rings (SSSR count). The number of nitrogens with one attached hydrogen (secondary N) is 2. The minimum Gasteiger partial charge on any atom is -0.386 e. The van der Waals surface area contributed by atoms with Gasteiger partial charge in [-0.25, -0.2) is 0 Å². The number of hydrogen-bond acceptors (Lipinski definition) is 2. The summed E-state index contributed by atoms with van der Waals surface area (Å²) in [5.74, 6) is 0. The summed E-state index contributed by atoms with van der Waals surface area (Å²) in [6, 6.07) is 17.0. The summed E-state index contributed by atoms with van der Waals surface area (Å²) in [5.41, 5.74) is 6.21. The van der Waals surface area contributed by atoms with Crippen molar-refractivity contribution in [3.8, 4) is 11.1 Å². The zero-order valence-corrected chi connectivity index (χ0v) is 15.0. The smallest absolute Gasteiger partial charge is 0.0579 e. The van der Waals surface area contributed by atoms with Gasteiger partial charge in [0.15, 0.2) is 0 Å². The number of rotatable bonds is 5. The van der Waals surface area contributed by atoms with Gasteiger partial charge in [0.1, 0.15) is 0 Å². The Balaban J connectivity index is 0.00000100. The van der Waals surface area contributed by atoms with Gasteiger partial charge in [-0.15, -0.1) is 0 Å². The number of benzene rings is 2. The van der Waals surface area contributed by atoms with Gasteiger partial charge in [0, 0.05) is 13.6 Å². The molecule has 0 heterocycles. The average molecular weight is 320 g/mol. The van der Waals surface area contributed by atoms with Crippen LogP contribution in [0.4, 0.5) is 11.4 Å². The molecular formula is C22H28N2. The summed E-state index contributed by atoms with van der Waals surface area (Å²) >= 11 is 0. The predicted octanol–water partition coefficient (Wildman–Crippen LogP) is 6.11. The molecule has 0 bridgehead atoms. The maximum atomic E-state index is 3.55. The highest BCUT2D eigenvalue weighted by Gasteiger charge is 2.05. The van der Waals surface area contributed by atoms with Crippen molar-refractivity contribution in [1.82, 2.24) is 0 Å². The first-order valence-electron chi connectivity index (χ1n) is 8.82. The molecule has 24 heavy (non-hydrogen) atoms. The molecule has 0 fully saturated rings. The quantitative estimate of drug-likeness (QED) is 0.694. The van der Waals surface area contributed by atoms with Crippen molar-refractivity contribution in [2.75, 3.05) is 24.2 Å². The lowest BCUT2D eigenvalue weighted by molar-refractivity contribution is 0.933. The maximum Gasteiger partial charge on any atom is 0.0579 e. The van der Waals surface area contributed by atoms with E-state index in [1.165, 1.54) is 16.7 Å². The Kier molecular flexibility index (Phi) is 7.16. The fraction of sp³-hybridized carbons (Fsp3) is 0.273. The van der Waals surface area contributed by atoms with Crippen molar-refractivity contribution in [2.45, 2.75) is 26.7 Å². The van der Waals surface area contributed by atoms with Crippen molar-refractivity contribution in [3.05, 3.63) is 72.3 Å². The Morgan fingerprint density at radius 1 is 0.917 bits per heavy atom. The van der Waals surface area contributed by atoms with Gasteiger partial charge in [0.2, 0.25) is 0 Å². The van der Waals surface area contributed by atoms with E-state index in [9.17, 15) is 0 Å². The van der Waals surface area contributed by atoms with Crippen LogP contribution in [0.15, 0.2) is 72.3 Å². The first-order chi connectivity index (χ1) is 11.9. The van der Waals surface area contributed by atoms with Gasteiger partial charge >= 0.3 is 0 Å². The van der Waals surface area contributed by atoms with Crippen molar-refractivity contribution < 1.29 is 0 Å². The highest BCUT2D eigenvalue weighted by atomic mass is 14.9. The van der Waals surface area contributed by atoms with Crippen LogP contribution < -0.4 is 10.6 Å². The van der Waals surface area contributed by atoms with Crippen molar-refractivity contribution >= 4 is 11.4 Å². The van der Waals surface area contributed by atoms with Crippen LogP contribution in [0.3, 0.4) is 0 Å². The summed E-state index contributed by atoms with van der Waals surface area (Å²) in [4.78, 5) is 0. The van der Waals surface area contributed by atoms with E-state index >= 15 is 0 Å². The molecule has 0 aliphatic heterocycles. The molecule has 0 saturated heterocycles. The van der Waals surface area contributed by atoms with E-state index in [0.29, 0.717) is 0 Å². The van der Waals surface area contributed by atoms with E-state index in [0.717, 1.165) is 30.8 Å². The second-order valence-corrected chi connectivity index (χ2v) is 5.52. The summed E-state index contributed by atoms with van der Waals surface area (Å²) in [5, 5.41) is 6.85. The van der Waals surface area contributed by atoms with Crippen LogP contribution in [0.2, 0.25) is 0 Å². The van der Waals surface area contributed by atoms with Crippen LogP contribution in [0.25, 0.3) is 11.1 Å². The zero-order valence-electron chi connectivity index (χ0n) is 15.0. The first-order valence-corrected chi connectivity index (χ1v) is 8.82. The van der Waals surface area contributed by atoms with Crippen LogP contribution in [-0.4, -0.2) is 13.6 Å². The van der Waals surface area contributed by atoms with E-state index in [4.69, 9.17) is 0 Å². The first kappa shape index (κ1) is 17.9. The number of allylic oxidation sites excluding steroid dienone is 3. The molecule has 0 atom stereocenters. The monoisotopic (exact) mass is 320 g/mol. The third-order valence-electron chi connectivity index (χ3n) is 4.00. The summed E-state index contributed by atoms with van der Waals surface area (Å²) < 4.78 is 0. The maximum absolute atomic E-state index is 3.55. The van der Waals surface area contributed by atoms with Gasteiger partial charge in [-0.2, -0.15) is 0 Å². The fourth-order valence-corrected chi connectivity index (χ4v) is 2.72.